The molecule has 0 radical (unpaired) electrons. The summed E-state index contributed by atoms with van der Waals surface area (Å²) in [6.07, 6.45) is 25.8. The number of hydrogen-bond acceptors (Lipinski definition) is 9. The van der Waals surface area contributed by atoms with Crippen molar-refractivity contribution >= 4 is 12.0 Å². The maximum atomic E-state index is 12.5. The number of allylic oxidation sites excluding steroid dienone is 10. The van der Waals surface area contributed by atoms with Crippen molar-refractivity contribution < 1.29 is 10.0 Å². The molecule has 1 heterocycles. The lowest BCUT2D eigenvalue weighted by atomic mass is 9.95. The number of benzene rings is 1. The summed E-state index contributed by atoms with van der Waals surface area (Å²) in [4.78, 5) is 18.7. The fourth-order valence-electron chi connectivity index (χ4n) is 7.35. The highest BCUT2D eigenvalue weighted by molar-refractivity contribution is 5.76. The average molecular weight is 847 g/mol. The van der Waals surface area contributed by atoms with Crippen LogP contribution >= 0.6 is 0 Å². The predicted octanol–water partition coefficient (Wildman–Crippen LogP) is 10.8. The lowest BCUT2D eigenvalue weighted by Gasteiger charge is -2.33. The van der Waals surface area contributed by atoms with Crippen LogP contribution in [-0.2, 0) is 11.3 Å². The number of rotatable bonds is 33. The molecule has 0 unspecified atom stereocenters. The first-order valence-corrected chi connectivity index (χ1v) is 23.0. The summed E-state index contributed by atoms with van der Waals surface area (Å²) in [5.74, 6) is -0.0441. The highest BCUT2D eigenvalue weighted by Gasteiger charge is 2.20. The van der Waals surface area contributed by atoms with Gasteiger partial charge in [-0.3, -0.25) is 20.0 Å². The number of amides is 1. The van der Waals surface area contributed by atoms with Gasteiger partial charge in [0.05, 0.1) is 0 Å². The van der Waals surface area contributed by atoms with Gasteiger partial charge >= 0.3 is 0 Å². The number of unbranched alkanes of at least 4 members (excludes halogenated alkanes) is 6. The number of nitrogens with one attached hydrogen (secondary N) is 3. The summed E-state index contributed by atoms with van der Waals surface area (Å²) in [7, 11) is 2.07. The van der Waals surface area contributed by atoms with E-state index in [1.165, 1.54) is 27.5 Å². The van der Waals surface area contributed by atoms with E-state index in [0.29, 0.717) is 50.3 Å². The molecule has 62 heavy (non-hydrogen) atoms. The largest absolute Gasteiger partial charge is 0.389 e. The molecular weight excluding hydrogens is 769 g/mol. The Hall–Kier alpha value is -5.40. The van der Waals surface area contributed by atoms with Crippen molar-refractivity contribution in [2.45, 2.75) is 123 Å². The standard InChI is InChI=1S/C52H78N8O2/c1-42(2)57(8)37-19-9-16-34-55-44(4)27-29-47(7)60(62)39-21-11-18-36-56-52(61)33-30-45(5)58(41-53)38-20-10-17-35-54-43(3)26-28-46(6)59-40-50-24-13-12-22-48(50)31-32-49-23-14-15-25-51(49)59/h12-13,15,22,24-25,31-32,54-55,62H,1,3-7,9-11,14,16-21,23,26-30,33-40H2,2,8H3,(H,56,61)/b32-31-. The molecule has 1 aromatic carbocycles. The number of hydroxylamine groups is 2. The lowest BCUT2D eigenvalue weighted by molar-refractivity contribution is -0.121. The number of nitrogens with zero attached hydrogens (tertiary/aromatic N) is 5. The molecule has 1 aliphatic carbocycles. The number of fused-ring (bicyclic) bond motifs is 1. The van der Waals surface area contributed by atoms with Gasteiger partial charge in [0.15, 0.2) is 6.19 Å². The highest BCUT2D eigenvalue weighted by Crippen LogP contribution is 2.32. The minimum atomic E-state index is -0.0441. The molecule has 0 saturated carbocycles. The van der Waals surface area contributed by atoms with Gasteiger partial charge in [0.1, 0.15) is 0 Å². The van der Waals surface area contributed by atoms with Crippen LogP contribution in [0.4, 0.5) is 0 Å². The first kappa shape index (κ1) is 51.0. The monoisotopic (exact) mass is 847 g/mol. The van der Waals surface area contributed by atoms with Crippen LogP contribution in [0.15, 0.2) is 127 Å². The Morgan fingerprint density at radius 2 is 1.35 bits per heavy atom. The molecule has 1 amide bonds. The summed E-state index contributed by atoms with van der Waals surface area (Å²) >= 11 is 0. The van der Waals surface area contributed by atoms with Crippen LogP contribution in [0, 0.1) is 11.5 Å². The summed E-state index contributed by atoms with van der Waals surface area (Å²) in [5.41, 5.74) is 10.7. The molecule has 0 fully saturated rings. The molecule has 4 N–H and O–H groups in total. The van der Waals surface area contributed by atoms with Crippen molar-refractivity contribution in [3.8, 4) is 6.19 Å². The van der Waals surface area contributed by atoms with Gasteiger partial charge < -0.3 is 25.8 Å². The van der Waals surface area contributed by atoms with Crippen molar-refractivity contribution in [1.29, 1.82) is 5.26 Å². The van der Waals surface area contributed by atoms with Gasteiger partial charge in [0, 0.05) is 99.2 Å². The Morgan fingerprint density at radius 1 is 0.742 bits per heavy atom. The van der Waals surface area contributed by atoms with Gasteiger partial charge in [-0.2, -0.15) is 5.26 Å². The molecule has 3 rings (SSSR count). The predicted molar refractivity (Wildman–Crippen MR) is 259 cm³/mol. The van der Waals surface area contributed by atoms with Gasteiger partial charge in [-0.25, -0.2) is 0 Å². The molecular formula is C52H78N8O2. The zero-order valence-corrected chi connectivity index (χ0v) is 38.4. The Balaban J connectivity index is 1.18. The van der Waals surface area contributed by atoms with E-state index in [9.17, 15) is 15.3 Å². The van der Waals surface area contributed by atoms with E-state index in [1.54, 1.807) is 4.90 Å². The third-order valence-electron chi connectivity index (χ3n) is 11.6. The average Bonchev–Trinajstić information content (AvgIpc) is 3.26. The SMILES string of the molecule is C=C(CCC(=C)N(O)CCCCCNC(=O)CCC(=C)N(C#N)CCCCCNC(=C)CCC(=C)N1Cc2ccccc2/C=C\C2=C1C=CCC2)NCCCCCN(C)C(=C)C. The van der Waals surface area contributed by atoms with E-state index in [1.807, 2.05) is 6.92 Å². The number of carbonyl (C=O) groups excluding carboxylic acids is 1. The molecule has 1 aromatic rings. The third kappa shape index (κ3) is 19.5. The van der Waals surface area contributed by atoms with Crippen molar-refractivity contribution in [2.75, 3.05) is 46.3 Å². The van der Waals surface area contributed by atoms with Gasteiger partial charge in [0.25, 0.3) is 0 Å². The number of hydrogen-bond donors (Lipinski definition) is 4. The van der Waals surface area contributed by atoms with Crippen molar-refractivity contribution in [2.24, 2.45) is 0 Å². The van der Waals surface area contributed by atoms with Crippen LogP contribution < -0.4 is 16.0 Å². The third-order valence-corrected chi connectivity index (χ3v) is 11.6. The van der Waals surface area contributed by atoms with E-state index in [0.717, 1.165) is 139 Å². The van der Waals surface area contributed by atoms with Crippen LogP contribution in [0.3, 0.4) is 0 Å². The van der Waals surface area contributed by atoms with E-state index in [-0.39, 0.29) is 5.91 Å². The Morgan fingerprint density at radius 3 is 2.03 bits per heavy atom. The first-order valence-electron chi connectivity index (χ1n) is 23.0. The maximum absolute atomic E-state index is 12.5. The Kier molecular flexibility index (Phi) is 23.8. The normalized spacial score (nSPS) is 13.4. The van der Waals surface area contributed by atoms with Gasteiger partial charge in [0.2, 0.25) is 5.91 Å². The lowest BCUT2D eigenvalue weighted by Crippen LogP contribution is -2.26. The topological polar surface area (TPSA) is 110 Å². The molecule has 2 aliphatic rings. The van der Waals surface area contributed by atoms with Gasteiger partial charge in [-0.1, -0.05) is 82.0 Å². The van der Waals surface area contributed by atoms with Crippen molar-refractivity contribution in [3.63, 3.8) is 0 Å². The highest BCUT2D eigenvalue weighted by atomic mass is 16.5. The smallest absolute Gasteiger partial charge is 0.220 e. The number of nitriles is 1. The summed E-state index contributed by atoms with van der Waals surface area (Å²) in [5, 5.41) is 31.3. The van der Waals surface area contributed by atoms with Crippen LogP contribution in [0.2, 0.25) is 0 Å². The zero-order valence-electron chi connectivity index (χ0n) is 38.4. The van der Waals surface area contributed by atoms with Crippen LogP contribution in [0.5, 0.6) is 0 Å². The molecule has 0 spiro atoms. The van der Waals surface area contributed by atoms with Gasteiger partial charge in [-0.05, 0) is 132 Å². The van der Waals surface area contributed by atoms with E-state index in [2.05, 4.69) is 127 Å². The van der Waals surface area contributed by atoms with E-state index >= 15 is 0 Å². The Bertz CT molecular complexity index is 1800. The second-order valence-electron chi connectivity index (χ2n) is 16.8. The quantitative estimate of drug-likeness (QED) is 0.0238. The maximum Gasteiger partial charge on any atom is 0.220 e. The van der Waals surface area contributed by atoms with Crippen LogP contribution in [0.1, 0.15) is 127 Å². The first-order chi connectivity index (χ1) is 29.9. The molecule has 0 aromatic heterocycles. The minimum Gasteiger partial charge on any atom is -0.389 e. The molecule has 10 nitrogen and oxygen atoms in total. The van der Waals surface area contributed by atoms with E-state index < -0.39 is 0 Å². The summed E-state index contributed by atoms with van der Waals surface area (Å²) in [6, 6.07) is 8.59. The number of carbonyl (C=O) groups is 1. The second-order valence-corrected chi connectivity index (χ2v) is 16.8. The van der Waals surface area contributed by atoms with Crippen LogP contribution in [-0.4, -0.2) is 77.2 Å². The molecule has 0 bridgehead atoms. The minimum absolute atomic E-state index is 0.0441. The van der Waals surface area contributed by atoms with Crippen LogP contribution in [0.25, 0.3) is 6.08 Å². The molecule has 338 valence electrons. The Labute approximate surface area is 375 Å². The zero-order chi connectivity index (χ0) is 45.1. The molecule has 0 atom stereocenters. The van der Waals surface area contributed by atoms with Gasteiger partial charge in [-0.15, -0.1) is 0 Å². The molecule has 0 saturated heterocycles. The summed E-state index contributed by atoms with van der Waals surface area (Å²) in [6.45, 7) is 32.3. The fourth-order valence-corrected chi connectivity index (χ4v) is 7.35. The summed E-state index contributed by atoms with van der Waals surface area (Å²) < 4.78 is 0. The van der Waals surface area contributed by atoms with E-state index in [4.69, 9.17) is 0 Å². The molecule has 1 aliphatic heterocycles. The fraction of sp³-hybridized carbons (Fsp3) is 0.500. The molecule has 10 heteroatoms. The second kappa shape index (κ2) is 29.0. The van der Waals surface area contributed by atoms with Crippen molar-refractivity contribution in [1.82, 2.24) is 35.7 Å². The van der Waals surface area contributed by atoms with Crippen molar-refractivity contribution in [3.05, 3.63) is 139 Å².